The van der Waals surface area contributed by atoms with Crippen molar-refractivity contribution in [2.24, 2.45) is 17.3 Å². The van der Waals surface area contributed by atoms with Crippen molar-refractivity contribution in [3.8, 4) is 0 Å². The molecule has 146 valence electrons. The Morgan fingerprint density at radius 1 is 0.960 bits per heavy atom. The van der Waals surface area contributed by atoms with Crippen LogP contribution >= 0.6 is 0 Å². The molecule has 0 bridgehead atoms. The van der Waals surface area contributed by atoms with E-state index in [9.17, 15) is 14.4 Å². The van der Waals surface area contributed by atoms with Crippen molar-refractivity contribution in [1.29, 1.82) is 0 Å². The van der Waals surface area contributed by atoms with Gasteiger partial charge in [-0.15, -0.1) is 0 Å². The fourth-order valence-electron chi connectivity index (χ4n) is 2.50. The smallest absolute Gasteiger partial charge is 0.244 e. The second-order valence-electron chi connectivity index (χ2n) is 9.11. The van der Waals surface area contributed by atoms with Gasteiger partial charge in [-0.2, -0.15) is 0 Å². The minimum absolute atomic E-state index is 0.127. The SMILES string of the molecule is CC(C)CC(CC(=O)NO)C(=O)NC(C(=O)NC(C)(C)C)C(C)(C)C. The second-order valence-corrected chi connectivity index (χ2v) is 9.11. The lowest BCUT2D eigenvalue weighted by atomic mass is 9.84. The first-order valence-corrected chi connectivity index (χ1v) is 8.72. The van der Waals surface area contributed by atoms with E-state index in [0.717, 1.165) is 0 Å². The van der Waals surface area contributed by atoms with Crippen LogP contribution in [0.25, 0.3) is 0 Å². The van der Waals surface area contributed by atoms with Gasteiger partial charge in [-0.05, 0) is 38.5 Å². The fourth-order valence-corrected chi connectivity index (χ4v) is 2.50. The number of carbonyl (C=O) groups excluding carboxylic acids is 3. The molecular formula is C18H35N3O4. The largest absolute Gasteiger partial charge is 0.350 e. The summed E-state index contributed by atoms with van der Waals surface area (Å²) in [4.78, 5) is 36.8. The van der Waals surface area contributed by atoms with Gasteiger partial charge in [0, 0.05) is 17.9 Å². The molecule has 0 saturated heterocycles. The first-order valence-electron chi connectivity index (χ1n) is 8.72. The molecule has 0 aliphatic heterocycles. The van der Waals surface area contributed by atoms with E-state index in [1.54, 1.807) is 5.48 Å². The lowest BCUT2D eigenvalue weighted by Crippen LogP contribution is -2.58. The minimum Gasteiger partial charge on any atom is -0.350 e. The van der Waals surface area contributed by atoms with Crippen molar-refractivity contribution >= 4 is 17.7 Å². The van der Waals surface area contributed by atoms with Crippen LogP contribution in [0.4, 0.5) is 0 Å². The molecule has 0 rings (SSSR count). The number of hydroxylamine groups is 1. The first-order chi connectivity index (χ1) is 11.2. The highest BCUT2D eigenvalue weighted by molar-refractivity contribution is 5.91. The summed E-state index contributed by atoms with van der Waals surface area (Å²) in [6.45, 7) is 15.1. The molecule has 0 aromatic rings. The Balaban J connectivity index is 5.32. The third kappa shape index (κ3) is 9.43. The zero-order valence-corrected chi connectivity index (χ0v) is 16.8. The van der Waals surface area contributed by atoms with Gasteiger partial charge < -0.3 is 10.6 Å². The van der Waals surface area contributed by atoms with Crippen LogP contribution in [0.2, 0.25) is 0 Å². The van der Waals surface area contributed by atoms with Crippen molar-refractivity contribution < 1.29 is 19.6 Å². The average Bonchev–Trinajstić information content (AvgIpc) is 2.39. The molecule has 0 fully saturated rings. The summed E-state index contributed by atoms with van der Waals surface area (Å²) < 4.78 is 0. The highest BCUT2D eigenvalue weighted by Gasteiger charge is 2.36. The van der Waals surface area contributed by atoms with Crippen molar-refractivity contribution in [3.05, 3.63) is 0 Å². The number of hydrogen-bond acceptors (Lipinski definition) is 4. The number of amides is 3. The molecule has 3 amide bonds. The lowest BCUT2D eigenvalue weighted by molar-refractivity contribution is -0.138. The molecule has 0 saturated carbocycles. The van der Waals surface area contributed by atoms with Gasteiger partial charge in [-0.25, -0.2) is 5.48 Å². The van der Waals surface area contributed by atoms with E-state index in [1.165, 1.54) is 0 Å². The molecular weight excluding hydrogens is 322 g/mol. The van der Waals surface area contributed by atoms with Crippen molar-refractivity contribution in [2.75, 3.05) is 0 Å². The van der Waals surface area contributed by atoms with Crippen molar-refractivity contribution in [3.63, 3.8) is 0 Å². The van der Waals surface area contributed by atoms with Gasteiger partial charge in [0.15, 0.2) is 0 Å². The van der Waals surface area contributed by atoms with Gasteiger partial charge in [0.2, 0.25) is 17.7 Å². The van der Waals surface area contributed by atoms with Crippen LogP contribution in [0.1, 0.15) is 68.2 Å². The highest BCUT2D eigenvalue weighted by Crippen LogP contribution is 2.22. The van der Waals surface area contributed by atoms with E-state index < -0.39 is 28.8 Å². The molecule has 2 atom stereocenters. The Kier molecular flexibility index (Phi) is 8.58. The molecule has 7 nitrogen and oxygen atoms in total. The van der Waals surface area contributed by atoms with E-state index in [-0.39, 0.29) is 24.2 Å². The van der Waals surface area contributed by atoms with Gasteiger partial charge >= 0.3 is 0 Å². The first kappa shape index (κ1) is 23.4. The summed E-state index contributed by atoms with van der Waals surface area (Å²) in [5.41, 5.74) is 0.652. The predicted molar refractivity (Wildman–Crippen MR) is 96.8 cm³/mol. The molecule has 0 spiro atoms. The van der Waals surface area contributed by atoms with E-state index in [4.69, 9.17) is 5.21 Å². The lowest BCUT2D eigenvalue weighted by Gasteiger charge is -2.34. The van der Waals surface area contributed by atoms with E-state index >= 15 is 0 Å². The van der Waals surface area contributed by atoms with E-state index in [1.807, 2.05) is 55.4 Å². The summed E-state index contributed by atoms with van der Waals surface area (Å²) in [5, 5.41) is 14.4. The standard InChI is InChI=1S/C18H35N3O4/c1-11(2)9-12(10-13(22)21-25)15(23)19-14(17(3,4)5)16(24)20-18(6,7)8/h11-12,14,25H,9-10H2,1-8H3,(H,19,23)(H,20,24)(H,21,22). The summed E-state index contributed by atoms with van der Waals surface area (Å²) in [6.07, 6.45) is 0.356. The molecule has 4 N–H and O–H groups in total. The number of carbonyl (C=O) groups is 3. The summed E-state index contributed by atoms with van der Waals surface area (Å²) >= 11 is 0. The predicted octanol–water partition coefficient (Wildman–Crippen LogP) is 1.99. The molecule has 0 aromatic heterocycles. The molecule has 0 aromatic carbocycles. The summed E-state index contributed by atoms with van der Waals surface area (Å²) in [5.74, 6) is -1.66. The van der Waals surface area contributed by atoms with Gasteiger partial charge in [0.05, 0.1) is 0 Å². The van der Waals surface area contributed by atoms with Crippen molar-refractivity contribution in [2.45, 2.75) is 79.8 Å². The van der Waals surface area contributed by atoms with Crippen LogP contribution in [0.3, 0.4) is 0 Å². The van der Waals surface area contributed by atoms with Crippen LogP contribution in [-0.4, -0.2) is 34.5 Å². The van der Waals surface area contributed by atoms with Gasteiger partial charge in [-0.1, -0.05) is 34.6 Å². The Morgan fingerprint density at radius 2 is 1.48 bits per heavy atom. The average molecular weight is 357 g/mol. The van der Waals surface area contributed by atoms with E-state index in [2.05, 4.69) is 10.6 Å². The van der Waals surface area contributed by atoms with Gasteiger partial charge in [-0.3, -0.25) is 19.6 Å². The third-order valence-electron chi connectivity index (χ3n) is 3.60. The number of rotatable bonds is 7. The van der Waals surface area contributed by atoms with Crippen LogP contribution < -0.4 is 16.1 Å². The Labute approximate surface area is 151 Å². The number of nitrogens with one attached hydrogen (secondary N) is 3. The summed E-state index contributed by atoms with van der Waals surface area (Å²) in [6, 6.07) is -0.730. The quantitative estimate of drug-likeness (QED) is 0.413. The molecule has 2 unspecified atom stereocenters. The fraction of sp³-hybridized carbons (Fsp3) is 0.833. The maximum atomic E-state index is 12.7. The van der Waals surface area contributed by atoms with Gasteiger partial charge in [0.25, 0.3) is 0 Å². The maximum absolute atomic E-state index is 12.7. The van der Waals surface area contributed by atoms with Crippen LogP contribution in [0, 0.1) is 17.3 Å². The highest BCUT2D eigenvalue weighted by atomic mass is 16.5. The molecule has 0 heterocycles. The summed E-state index contributed by atoms with van der Waals surface area (Å²) in [7, 11) is 0. The number of hydrogen-bond donors (Lipinski definition) is 4. The topological polar surface area (TPSA) is 108 Å². The monoisotopic (exact) mass is 357 g/mol. The molecule has 0 radical (unpaired) electrons. The molecule has 0 aliphatic carbocycles. The van der Waals surface area contributed by atoms with Crippen LogP contribution in [0.15, 0.2) is 0 Å². The normalized spacial score (nSPS) is 14.6. The Morgan fingerprint density at radius 3 is 1.84 bits per heavy atom. The third-order valence-corrected chi connectivity index (χ3v) is 3.60. The maximum Gasteiger partial charge on any atom is 0.244 e. The molecule has 25 heavy (non-hydrogen) atoms. The Bertz CT molecular complexity index is 476. The molecule has 0 aliphatic rings. The minimum atomic E-state index is -0.730. The van der Waals surface area contributed by atoms with Crippen LogP contribution in [-0.2, 0) is 14.4 Å². The van der Waals surface area contributed by atoms with Crippen molar-refractivity contribution in [1.82, 2.24) is 16.1 Å². The van der Waals surface area contributed by atoms with E-state index in [0.29, 0.717) is 6.42 Å². The zero-order chi connectivity index (χ0) is 20.0. The van der Waals surface area contributed by atoms with Crippen LogP contribution in [0.5, 0.6) is 0 Å². The zero-order valence-electron chi connectivity index (χ0n) is 16.8. The van der Waals surface area contributed by atoms with Gasteiger partial charge in [0.1, 0.15) is 6.04 Å². The Hall–Kier alpha value is -1.63. The second kappa shape index (κ2) is 9.17. The molecule has 7 heteroatoms.